The van der Waals surface area contributed by atoms with Gasteiger partial charge in [0.15, 0.2) is 5.96 Å². The molecule has 1 amide bonds. The molecule has 142 valence electrons. The van der Waals surface area contributed by atoms with Crippen molar-refractivity contribution in [3.05, 3.63) is 0 Å². The summed E-state index contributed by atoms with van der Waals surface area (Å²) < 4.78 is 5.53. The molecule has 2 N–H and O–H groups in total. The van der Waals surface area contributed by atoms with Crippen LogP contribution in [-0.4, -0.2) is 62.7 Å². The molecule has 0 aromatic carbocycles. The zero-order valence-corrected chi connectivity index (χ0v) is 17.6. The summed E-state index contributed by atoms with van der Waals surface area (Å²) in [6.07, 6.45) is 6.69. The number of hydrogen-bond acceptors (Lipinski definition) is 3. The number of amides is 1. The first-order valence-electron chi connectivity index (χ1n) is 9.15. The second kappa shape index (κ2) is 15.9. The number of carbonyl (C=O) groups excluding carboxylic acids is 1. The SMILES string of the molecule is CCCCOCCCNC(=NCC(=O)N1CCCCC1)NCC.I. The number of guanidine groups is 1. The molecule has 0 bridgehead atoms. The van der Waals surface area contributed by atoms with Crippen LogP contribution in [0.4, 0.5) is 0 Å². The second-order valence-electron chi connectivity index (χ2n) is 5.88. The lowest BCUT2D eigenvalue weighted by molar-refractivity contribution is -0.130. The van der Waals surface area contributed by atoms with Crippen LogP contribution in [0.1, 0.15) is 52.4 Å². The molecule has 0 aromatic heterocycles. The minimum absolute atomic E-state index is 0. The highest BCUT2D eigenvalue weighted by molar-refractivity contribution is 14.0. The fraction of sp³-hybridized carbons (Fsp3) is 0.882. The van der Waals surface area contributed by atoms with E-state index >= 15 is 0 Å². The van der Waals surface area contributed by atoms with Crippen molar-refractivity contribution in [1.82, 2.24) is 15.5 Å². The molecule has 7 heteroatoms. The van der Waals surface area contributed by atoms with Gasteiger partial charge in [0.2, 0.25) is 5.91 Å². The summed E-state index contributed by atoms with van der Waals surface area (Å²) >= 11 is 0. The fourth-order valence-corrected chi connectivity index (χ4v) is 2.46. The Hall–Kier alpha value is -0.570. The predicted molar refractivity (Wildman–Crippen MR) is 110 cm³/mol. The third kappa shape index (κ3) is 11.1. The van der Waals surface area contributed by atoms with Gasteiger partial charge in [0.05, 0.1) is 0 Å². The number of nitrogens with zero attached hydrogens (tertiary/aromatic N) is 2. The van der Waals surface area contributed by atoms with Crippen LogP contribution in [0.2, 0.25) is 0 Å². The Morgan fingerprint density at radius 3 is 2.46 bits per heavy atom. The number of ether oxygens (including phenoxy) is 1. The van der Waals surface area contributed by atoms with E-state index < -0.39 is 0 Å². The van der Waals surface area contributed by atoms with Crippen molar-refractivity contribution in [2.24, 2.45) is 4.99 Å². The van der Waals surface area contributed by atoms with Gasteiger partial charge in [-0.15, -0.1) is 24.0 Å². The molecule has 0 spiro atoms. The molecule has 1 rings (SSSR count). The summed E-state index contributed by atoms with van der Waals surface area (Å²) in [6, 6.07) is 0. The van der Waals surface area contributed by atoms with E-state index in [1.807, 2.05) is 11.8 Å². The average Bonchev–Trinajstić information content (AvgIpc) is 2.59. The molecular weight excluding hydrogens is 419 g/mol. The molecule has 0 radical (unpaired) electrons. The number of carbonyl (C=O) groups is 1. The van der Waals surface area contributed by atoms with Crippen molar-refractivity contribution >= 4 is 35.8 Å². The zero-order chi connectivity index (χ0) is 16.8. The number of halogens is 1. The van der Waals surface area contributed by atoms with Crippen LogP contribution in [0.5, 0.6) is 0 Å². The molecule has 0 saturated carbocycles. The number of rotatable bonds is 10. The van der Waals surface area contributed by atoms with Crippen molar-refractivity contribution < 1.29 is 9.53 Å². The zero-order valence-electron chi connectivity index (χ0n) is 15.3. The molecule has 24 heavy (non-hydrogen) atoms. The van der Waals surface area contributed by atoms with Gasteiger partial charge in [-0.3, -0.25) is 4.79 Å². The third-order valence-corrected chi connectivity index (χ3v) is 3.83. The number of piperidine rings is 1. The Labute approximate surface area is 164 Å². The predicted octanol–water partition coefficient (Wildman–Crippen LogP) is 2.38. The fourth-order valence-electron chi connectivity index (χ4n) is 2.46. The number of nitrogens with one attached hydrogen (secondary N) is 2. The van der Waals surface area contributed by atoms with Gasteiger partial charge in [-0.05, 0) is 39.0 Å². The first-order chi connectivity index (χ1) is 11.3. The Morgan fingerprint density at radius 2 is 1.79 bits per heavy atom. The summed E-state index contributed by atoms with van der Waals surface area (Å²) in [7, 11) is 0. The standard InChI is InChI=1S/C17H34N4O2.HI/c1-3-5-13-23-14-9-10-19-17(18-4-2)20-15-16(22)21-11-7-6-8-12-21;/h3-15H2,1-2H3,(H2,18,19,20);1H. The van der Waals surface area contributed by atoms with E-state index in [4.69, 9.17) is 4.74 Å². The molecule has 1 fully saturated rings. The quantitative estimate of drug-likeness (QED) is 0.230. The minimum atomic E-state index is 0. The van der Waals surface area contributed by atoms with E-state index in [1.165, 1.54) is 12.8 Å². The van der Waals surface area contributed by atoms with E-state index in [2.05, 4.69) is 22.5 Å². The Bertz CT molecular complexity index is 347. The number of likely N-dealkylation sites (tertiary alicyclic amines) is 1. The number of aliphatic imine (C=N–C) groups is 1. The van der Waals surface area contributed by atoms with Crippen LogP contribution in [0.25, 0.3) is 0 Å². The van der Waals surface area contributed by atoms with Crippen LogP contribution in [0.15, 0.2) is 4.99 Å². The smallest absolute Gasteiger partial charge is 0.244 e. The maximum absolute atomic E-state index is 12.1. The molecular formula is C17H35IN4O2. The van der Waals surface area contributed by atoms with Gasteiger partial charge in [0.25, 0.3) is 0 Å². The minimum Gasteiger partial charge on any atom is -0.381 e. The van der Waals surface area contributed by atoms with Crippen molar-refractivity contribution in [1.29, 1.82) is 0 Å². The van der Waals surface area contributed by atoms with Crippen molar-refractivity contribution in [2.45, 2.75) is 52.4 Å². The summed E-state index contributed by atoms with van der Waals surface area (Å²) in [6.45, 7) is 9.37. The van der Waals surface area contributed by atoms with Gasteiger partial charge in [-0.25, -0.2) is 4.99 Å². The third-order valence-electron chi connectivity index (χ3n) is 3.83. The lowest BCUT2D eigenvalue weighted by atomic mass is 10.1. The monoisotopic (exact) mass is 454 g/mol. The summed E-state index contributed by atoms with van der Waals surface area (Å²) in [5.41, 5.74) is 0. The van der Waals surface area contributed by atoms with Gasteiger partial charge < -0.3 is 20.3 Å². The summed E-state index contributed by atoms with van der Waals surface area (Å²) in [5.74, 6) is 0.844. The first-order valence-corrected chi connectivity index (χ1v) is 9.15. The Morgan fingerprint density at radius 1 is 1.08 bits per heavy atom. The first kappa shape index (κ1) is 23.4. The van der Waals surface area contributed by atoms with Crippen LogP contribution >= 0.6 is 24.0 Å². The summed E-state index contributed by atoms with van der Waals surface area (Å²) in [4.78, 5) is 18.5. The van der Waals surface area contributed by atoms with Gasteiger partial charge in [-0.2, -0.15) is 0 Å². The average molecular weight is 454 g/mol. The van der Waals surface area contributed by atoms with Crippen LogP contribution in [-0.2, 0) is 9.53 Å². The van der Waals surface area contributed by atoms with Crippen LogP contribution < -0.4 is 10.6 Å². The van der Waals surface area contributed by atoms with Crippen molar-refractivity contribution in [3.8, 4) is 0 Å². The van der Waals surface area contributed by atoms with Crippen LogP contribution in [0.3, 0.4) is 0 Å². The van der Waals surface area contributed by atoms with E-state index in [0.29, 0.717) is 5.96 Å². The highest BCUT2D eigenvalue weighted by atomic mass is 127. The molecule has 1 aliphatic rings. The van der Waals surface area contributed by atoms with Gasteiger partial charge in [0.1, 0.15) is 6.54 Å². The molecule has 1 aliphatic heterocycles. The summed E-state index contributed by atoms with van der Waals surface area (Å²) in [5, 5.41) is 6.44. The van der Waals surface area contributed by atoms with Gasteiger partial charge >= 0.3 is 0 Å². The van der Waals surface area contributed by atoms with Gasteiger partial charge in [-0.1, -0.05) is 13.3 Å². The molecule has 0 atom stereocenters. The van der Waals surface area contributed by atoms with Crippen molar-refractivity contribution in [2.75, 3.05) is 45.9 Å². The topological polar surface area (TPSA) is 66.0 Å². The molecule has 0 aromatic rings. The molecule has 0 aliphatic carbocycles. The largest absolute Gasteiger partial charge is 0.381 e. The molecule has 1 saturated heterocycles. The molecule has 6 nitrogen and oxygen atoms in total. The normalized spacial score (nSPS) is 14.9. The Kier molecular flexibility index (Phi) is 15.6. The lowest BCUT2D eigenvalue weighted by Crippen LogP contribution is -2.40. The maximum Gasteiger partial charge on any atom is 0.244 e. The van der Waals surface area contributed by atoms with E-state index in [1.54, 1.807) is 0 Å². The maximum atomic E-state index is 12.1. The second-order valence-corrected chi connectivity index (χ2v) is 5.88. The van der Waals surface area contributed by atoms with E-state index in [9.17, 15) is 4.79 Å². The van der Waals surface area contributed by atoms with E-state index in [0.717, 1.165) is 65.1 Å². The number of unbranched alkanes of at least 4 members (excludes halogenated alkanes) is 1. The highest BCUT2D eigenvalue weighted by Gasteiger charge is 2.15. The van der Waals surface area contributed by atoms with E-state index in [-0.39, 0.29) is 36.4 Å². The number of hydrogen-bond donors (Lipinski definition) is 2. The van der Waals surface area contributed by atoms with Crippen LogP contribution in [0, 0.1) is 0 Å². The molecule has 0 unspecified atom stereocenters. The Balaban J connectivity index is 0.00000529. The molecule has 1 heterocycles. The van der Waals surface area contributed by atoms with Crippen molar-refractivity contribution in [3.63, 3.8) is 0 Å². The van der Waals surface area contributed by atoms with Gasteiger partial charge in [0, 0.05) is 39.4 Å². The highest BCUT2D eigenvalue weighted by Crippen LogP contribution is 2.08. The lowest BCUT2D eigenvalue weighted by Gasteiger charge is -2.26.